The minimum absolute atomic E-state index is 0.205. The molecule has 9 heteroatoms. The van der Waals surface area contributed by atoms with Crippen LogP contribution in [0.4, 0.5) is 4.39 Å². The number of carbonyl (C=O) groups is 3. The number of piperidine rings is 3. The van der Waals surface area contributed by atoms with Gasteiger partial charge in [-0.05, 0) is 75.4 Å². The number of halogens is 1. The average Bonchev–Trinajstić information content (AvgIpc) is 3.17. The summed E-state index contributed by atoms with van der Waals surface area (Å²) in [4.78, 5) is 40.8. The Balaban J connectivity index is 1.04. The maximum Gasteiger partial charge on any atom is 0.255 e. The highest BCUT2D eigenvalue weighted by atomic mass is 19.1. The number of likely N-dealkylation sites (tertiary alicyclic amines) is 1. The standard InChI is InChI=1S/C27H35FN4O4/c28-23-15-31(18-12-20(13-18)36-19-5-8-29-9-6-19)10-7-21(23)16-1-2-17-14-32(27(35)22(17)11-16)24-3-4-25(33)30-26(24)34/h1-2,11,18-21,23-24,29H,3-10,12-15H2,(H,30,33,34)/t18?,20?,21-,23-,24?/m0/s1. The summed E-state index contributed by atoms with van der Waals surface area (Å²) in [7, 11) is 0. The second-order valence-corrected chi connectivity index (χ2v) is 11.1. The fraction of sp³-hybridized carbons (Fsp3) is 0.667. The van der Waals surface area contributed by atoms with Crippen molar-refractivity contribution in [2.75, 3.05) is 26.2 Å². The van der Waals surface area contributed by atoms with Crippen molar-refractivity contribution in [3.05, 3.63) is 34.9 Å². The number of ether oxygens (including phenoxy) is 1. The summed E-state index contributed by atoms with van der Waals surface area (Å²) >= 11 is 0. The van der Waals surface area contributed by atoms with Crippen LogP contribution in [0.1, 0.15) is 72.3 Å². The van der Waals surface area contributed by atoms with E-state index in [-0.39, 0.29) is 24.2 Å². The number of amides is 3. The summed E-state index contributed by atoms with van der Waals surface area (Å²) in [5.41, 5.74) is 2.28. The Morgan fingerprint density at radius 1 is 1.00 bits per heavy atom. The topological polar surface area (TPSA) is 91.0 Å². The van der Waals surface area contributed by atoms with Crippen LogP contribution in [0.5, 0.6) is 0 Å². The molecule has 4 fully saturated rings. The minimum atomic E-state index is -0.982. The molecule has 1 aromatic carbocycles. The first-order valence-electron chi connectivity index (χ1n) is 13.5. The second-order valence-electron chi connectivity index (χ2n) is 11.1. The SMILES string of the molecule is O=C1CCC(N2Cc3ccc([C@@H]4CCN(C5CC(OC6CCNCC6)C5)C[C@@H]4F)cc3C2=O)C(=O)N1. The van der Waals surface area contributed by atoms with E-state index in [1.165, 1.54) is 0 Å². The molecular formula is C27H35FN4O4. The monoisotopic (exact) mass is 498 g/mol. The van der Waals surface area contributed by atoms with Crippen LogP contribution >= 0.6 is 0 Å². The third-order valence-electron chi connectivity index (χ3n) is 8.81. The molecule has 4 heterocycles. The molecule has 2 N–H and O–H groups in total. The van der Waals surface area contributed by atoms with Crippen molar-refractivity contribution in [1.29, 1.82) is 0 Å². The van der Waals surface area contributed by atoms with Gasteiger partial charge in [0.25, 0.3) is 5.91 Å². The van der Waals surface area contributed by atoms with Gasteiger partial charge in [0.2, 0.25) is 11.8 Å². The van der Waals surface area contributed by atoms with Crippen LogP contribution in [0.25, 0.3) is 0 Å². The highest BCUT2D eigenvalue weighted by Gasteiger charge is 2.42. The van der Waals surface area contributed by atoms with Crippen molar-refractivity contribution < 1.29 is 23.5 Å². The summed E-state index contributed by atoms with van der Waals surface area (Å²) in [6.07, 6.45) is 5.12. The van der Waals surface area contributed by atoms with E-state index in [9.17, 15) is 14.4 Å². The summed E-state index contributed by atoms with van der Waals surface area (Å²) < 4.78 is 21.7. The lowest BCUT2D eigenvalue weighted by molar-refractivity contribution is -0.136. The molecule has 0 bridgehead atoms. The molecule has 3 atom stereocenters. The Morgan fingerprint density at radius 3 is 2.56 bits per heavy atom. The third kappa shape index (κ3) is 4.57. The lowest BCUT2D eigenvalue weighted by Gasteiger charge is -2.47. The molecule has 1 saturated carbocycles. The maximum absolute atomic E-state index is 15.4. The number of alkyl halides is 1. The van der Waals surface area contributed by atoms with Gasteiger partial charge in [-0.25, -0.2) is 4.39 Å². The summed E-state index contributed by atoms with van der Waals surface area (Å²) in [5.74, 6) is -1.15. The van der Waals surface area contributed by atoms with Crippen LogP contribution in [-0.2, 0) is 20.9 Å². The first-order valence-corrected chi connectivity index (χ1v) is 13.5. The molecule has 0 spiro atoms. The van der Waals surface area contributed by atoms with Crippen LogP contribution in [0, 0.1) is 0 Å². The molecule has 1 unspecified atom stereocenters. The van der Waals surface area contributed by atoms with E-state index >= 15 is 4.39 Å². The van der Waals surface area contributed by atoms with Crippen molar-refractivity contribution >= 4 is 17.7 Å². The van der Waals surface area contributed by atoms with E-state index in [0.717, 1.165) is 62.9 Å². The first kappa shape index (κ1) is 24.0. The maximum atomic E-state index is 15.4. The average molecular weight is 499 g/mol. The van der Waals surface area contributed by atoms with Gasteiger partial charge in [-0.3, -0.25) is 24.6 Å². The van der Waals surface area contributed by atoms with Gasteiger partial charge in [0.1, 0.15) is 12.2 Å². The number of carbonyl (C=O) groups excluding carboxylic acids is 3. The van der Waals surface area contributed by atoms with E-state index in [1.54, 1.807) is 4.90 Å². The van der Waals surface area contributed by atoms with Gasteiger partial charge in [-0.15, -0.1) is 0 Å². The van der Waals surface area contributed by atoms with Crippen molar-refractivity contribution in [2.45, 2.75) is 87.9 Å². The Bertz CT molecular complexity index is 1040. The zero-order valence-electron chi connectivity index (χ0n) is 20.6. The van der Waals surface area contributed by atoms with E-state index in [1.807, 2.05) is 18.2 Å². The predicted molar refractivity (Wildman–Crippen MR) is 130 cm³/mol. The van der Waals surface area contributed by atoms with Crippen molar-refractivity contribution in [2.24, 2.45) is 0 Å². The Labute approximate surface area is 210 Å². The summed E-state index contributed by atoms with van der Waals surface area (Å²) in [6.45, 7) is 3.68. The molecule has 0 radical (unpaired) electrons. The van der Waals surface area contributed by atoms with Crippen molar-refractivity contribution in [3.63, 3.8) is 0 Å². The quantitative estimate of drug-likeness (QED) is 0.603. The highest BCUT2D eigenvalue weighted by Crippen LogP contribution is 2.38. The van der Waals surface area contributed by atoms with Gasteiger partial charge in [0.05, 0.1) is 12.2 Å². The molecular weight excluding hydrogens is 463 g/mol. The fourth-order valence-electron chi connectivity index (χ4n) is 6.59. The van der Waals surface area contributed by atoms with Crippen LogP contribution in [0.3, 0.4) is 0 Å². The Morgan fingerprint density at radius 2 is 1.81 bits per heavy atom. The lowest BCUT2D eigenvalue weighted by atomic mass is 9.82. The largest absolute Gasteiger partial charge is 0.375 e. The van der Waals surface area contributed by atoms with Crippen molar-refractivity contribution in [3.8, 4) is 0 Å². The first-order chi connectivity index (χ1) is 17.5. The smallest absolute Gasteiger partial charge is 0.255 e. The van der Waals surface area contributed by atoms with Crippen LogP contribution in [-0.4, -0.2) is 84.2 Å². The van der Waals surface area contributed by atoms with Gasteiger partial charge in [-0.2, -0.15) is 0 Å². The Hall–Kier alpha value is -2.36. The third-order valence-corrected chi connectivity index (χ3v) is 8.81. The number of benzene rings is 1. The zero-order valence-corrected chi connectivity index (χ0v) is 20.6. The molecule has 8 nitrogen and oxygen atoms in total. The molecule has 3 amide bonds. The fourth-order valence-corrected chi connectivity index (χ4v) is 6.59. The van der Waals surface area contributed by atoms with Gasteiger partial charge in [0, 0.05) is 37.0 Å². The highest BCUT2D eigenvalue weighted by molar-refractivity contribution is 6.05. The zero-order chi connectivity index (χ0) is 24.8. The van der Waals surface area contributed by atoms with E-state index in [4.69, 9.17) is 4.74 Å². The number of hydrogen-bond acceptors (Lipinski definition) is 6. The lowest BCUT2D eigenvalue weighted by Crippen LogP contribution is -2.54. The normalized spacial score (nSPS) is 33.9. The van der Waals surface area contributed by atoms with Gasteiger partial charge < -0.3 is 15.0 Å². The van der Waals surface area contributed by atoms with Crippen molar-refractivity contribution in [1.82, 2.24) is 20.4 Å². The Kier molecular flexibility index (Phi) is 6.56. The second kappa shape index (κ2) is 9.84. The molecule has 1 aromatic rings. The number of hydrogen-bond donors (Lipinski definition) is 2. The molecule has 5 aliphatic rings. The summed E-state index contributed by atoms with van der Waals surface area (Å²) in [6, 6.07) is 5.46. The van der Waals surface area contributed by atoms with E-state index in [2.05, 4.69) is 15.5 Å². The predicted octanol–water partition coefficient (Wildman–Crippen LogP) is 1.87. The minimum Gasteiger partial charge on any atom is -0.375 e. The number of rotatable bonds is 5. The molecule has 6 rings (SSSR count). The molecule has 36 heavy (non-hydrogen) atoms. The molecule has 194 valence electrons. The number of nitrogens with one attached hydrogen (secondary N) is 2. The van der Waals surface area contributed by atoms with E-state index < -0.39 is 18.1 Å². The van der Waals surface area contributed by atoms with Crippen LogP contribution in [0.15, 0.2) is 18.2 Å². The molecule has 3 saturated heterocycles. The van der Waals surface area contributed by atoms with Crippen LogP contribution < -0.4 is 10.6 Å². The molecule has 1 aliphatic carbocycles. The van der Waals surface area contributed by atoms with E-state index in [0.29, 0.717) is 43.3 Å². The number of nitrogens with zero attached hydrogens (tertiary/aromatic N) is 2. The van der Waals surface area contributed by atoms with Gasteiger partial charge in [-0.1, -0.05) is 12.1 Å². The number of imide groups is 1. The van der Waals surface area contributed by atoms with Crippen LogP contribution in [0.2, 0.25) is 0 Å². The molecule has 0 aromatic heterocycles. The van der Waals surface area contributed by atoms with Gasteiger partial charge >= 0.3 is 0 Å². The number of fused-ring (bicyclic) bond motifs is 1. The molecule has 4 aliphatic heterocycles. The van der Waals surface area contributed by atoms with Gasteiger partial charge in [0.15, 0.2) is 0 Å². The summed E-state index contributed by atoms with van der Waals surface area (Å²) in [5, 5.41) is 5.70.